The average Bonchev–Trinajstić information content (AvgIpc) is 2.42. The molecule has 1 aromatic carbocycles. The highest BCUT2D eigenvalue weighted by atomic mass is 35.5. The maximum atomic E-state index is 11.8. The normalized spacial score (nSPS) is 11.9. The minimum atomic E-state index is -1.07. The molecule has 21 heavy (non-hydrogen) atoms. The minimum absolute atomic E-state index is 0.138. The third-order valence-corrected chi connectivity index (χ3v) is 3.29. The van der Waals surface area contributed by atoms with Crippen molar-refractivity contribution in [2.24, 2.45) is 5.92 Å². The van der Waals surface area contributed by atoms with Crippen LogP contribution >= 0.6 is 11.6 Å². The smallest absolute Gasteiger partial charge is 0.326 e. The molecular weight excluding hydrogens is 296 g/mol. The van der Waals surface area contributed by atoms with Gasteiger partial charge in [-0.2, -0.15) is 0 Å². The lowest BCUT2D eigenvalue weighted by Crippen LogP contribution is -2.48. The van der Waals surface area contributed by atoms with Crippen molar-refractivity contribution in [1.82, 2.24) is 10.6 Å². The highest BCUT2D eigenvalue weighted by Gasteiger charge is 2.23. The maximum Gasteiger partial charge on any atom is 0.326 e. The van der Waals surface area contributed by atoms with Gasteiger partial charge < -0.3 is 20.5 Å². The van der Waals surface area contributed by atoms with Gasteiger partial charge in [0, 0.05) is 17.1 Å². The molecule has 0 saturated carbocycles. The fourth-order valence-electron chi connectivity index (χ4n) is 1.78. The van der Waals surface area contributed by atoms with E-state index in [1.54, 1.807) is 32.0 Å². The van der Waals surface area contributed by atoms with E-state index in [0.717, 1.165) is 0 Å². The fraction of sp³-hybridized carbons (Fsp3) is 0.429. The molecule has 0 heterocycles. The molecule has 0 bridgehead atoms. The van der Waals surface area contributed by atoms with Crippen LogP contribution in [0.3, 0.4) is 0 Å². The lowest BCUT2D eigenvalue weighted by molar-refractivity contribution is -0.140. The molecule has 0 fully saturated rings. The Balaban J connectivity index is 2.67. The summed E-state index contributed by atoms with van der Waals surface area (Å²) in [4.78, 5) is 22.8. The number of rotatable bonds is 6. The van der Waals surface area contributed by atoms with Gasteiger partial charge in [0.1, 0.15) is 11.8 Å². The molecular formula is C14H19ClN2O4. The Hall–Kier alpha value is -1.95. The summed E-state index contributed by atoms with van der Waals surface area (Å²) >= 11 is 6.05. The number of carboxylic acid groups (broad SMARTS) is 1. The van der Waals surface area contributed by atoms with E-state index in [1.807, 2.05) is 0 Å². The molecule has 3 N–H and O–H groups in total. The lowest BCUT2D eigenvalue weighted by atomic mass is 10.1. The topological polar surface area (TPSA) is 87.7 Å². The summed E-state index contributed by atoms with van der Waals surface area (Å²) in [5.41, 5.74) is 0.633. The number of urea groups is 1. The molecule has 0 aromatic heterocycles. The molecule has 0 aliphatic carbocycles. The number of carbonyl (C=O) groups is 2. The van der Waals surface area contributed by atoms with Crippen LogP contribution in [0.1, 0.15) is 19.4 Å². The summed E-state index contributed by atoms with van der Waals surface area (Å²) < 4.78 is 5.17. The Kier molecular flexibility index (Phi) is 6.30. The van der Waals surface area contributed by atoms with Gasteiger partial charge in [0.05, 0.1) is 7.11 Å². The van der Waals surface area contributed by atoms with Crippen molar-refractivity contribution >= 4 is 23.6 Å². The number of amides is 2. The molecule has 1 rings (SSSR count). The van der Waals surface area contributed by atoms with Gasteiger partial charge in [-0.1, -0.05) is 31.5 Å². The van der Waals surface area contributed by atoms with Crippen LogP contribution in [0.2, 0.25) is 5.02 Å². The number of hydrogen-bond donors (Lipinski definition) is 3. The van der Waals surface area contributed by atoms with Gasteiger partial charge in [-0.05, 0) is 18.1 Å². The average molecular weight is 315 g/mol. The summed E-state index contributed by atoms with van der Waals surface area (Å²) in [5, 5.41) is 14.5. The van der Waals surface area contributed by atoms with Gasteiger partial charge in [-0.15, -0.1) is 0 Å². The first-order chi connectivity index (χ1) is 9.86. The molecule has 1 atom stereocenters. The second kappa shape index (κ2) is 7.73. The molecule has 0 radical (unpaired) electrons. The Morgan fingerprint density at radius 2 is 2.05 bits per heavy atom. The van der Waals surface area contributed by atoms with E-state index < -0.39 is 18.0 Å². The molecule has 116 valence electrons. The lowest BCUT2D eigenvalue weighted by Gasteiger charge is -2.18. The molecule has 0 unspecified atom stereocenters. The van der Waals surface area contributed by atoms with Gasteiger partial charge in [-0.25, -0.2) is 9.59 Å². The van der Waals surface area contributed by atoms with Gasteiger partial charge in [0.15, 0.2) is 0 Å². The van der Waals surface area contributed by atoms with Crippen LogP contribution in [-0.2, 0) is 11.3 Å². The first-order valence-corrected chi connectivity index (χ1v) is 6.83. The number of carboxylic acids is 1. The highest BCUT2D eigenvalue weighted by Crippen LogP contribution is 2.25. The Morgan fingerprint density at radius 3 is 2.57 bits per heavy atom. The van der Waals surface area contributed by atoms with Crippen molar-refractivity contribution in [2.75, 3.05) is 7.11 Å². The van der Waals surface area contributed by atoms with E-state index in [2.05, 4.69) is 10.6 Å². The second-order valence-corrected chi connectivity index (χ2v) is 5.21. The number of nitrogens with one attached hydrogen (secondary N) is 2. The quantitative estimate of drug-likeness (QED) is 0.751. The number of methoxy groups -OCH3 is 1. The van der Waals surface area contributed by atoms with Crippen molar-refractivity contribution in [3.8, 4) is 5.75 Å². The van der Waals surface area contributed by atoms with Crippen LogP contribution in [0.4, 0.5) is 4.79 Å². The van der Waals surface area contributed by atoms with E-state index in [-0.39, 0.29) is 12.5 Å². The van der Waals surface area contributed by atoms with E-state index in [9.17, 15) is 9.59 Å². The zero-order chi connectivity index (χ0) is 16.0. The van der Waals surface area contributed by atoms with E-state index in [4.69, 9.17) is 21.4 Å². The zero-order valence-corrected chi connectivity index (χ0v) is 12.9. The number of benzene rings is 1. The fourth-order valence-corrected chi connectivity index (χ4v) is 2.01. The zero-order valence-electron chi connectivity index (χ0n) is 12.1. The molecule has 6 nitrogen and oxygen atoms in total. The minimum Gasteiger partial charge on any atom is -0.496 e. The molecule has 0 spiro atoms. The molecule has 2 amide bonds. The number of ether oxygens (including phenoxy) is 1. The third kappa shape index (κ3) is 4.82. The van der Waals surface area contributed by atoms with Gasteiger partial charge >= 0.3 is 12.0 Å². The first kappa shape index (κ1) is 17.1. The molecule has 0 aliphatic heterocycles. The largest absolute Gasteiger partial charge is 0.496 e. The van der Waals surface area contributed by atoms with Crippen molar-refractivity contribution in [1.29, 1.82) is 0 Å². The highest BCUT2D eigenvalue weighted by molar-refractivity contribution is 6.31. The van der Waals surface area contributed by atoms with Crippen LogP contribution in [0.5, 0.6) is 5.75 Å². The summed E-state index contributed by atoms with van der Waals surface area (Å²) in [6.07, 6.45) is 0. The summed E-state index contributed by atoms with van der Waals surface area (Å²) in [6.45, 7) is 3.57. The number of halogens is 1. The van der Waals surface area contributed by atoms with Crippen molar-refractivity contribution in [2.45, 2.75) is 26.4 Å². The first-order valence-electron chi connectivity index (χ1n) is 6.45. The van der Waals surface area contributed by atoms with Crippen LogP contribution in [0, 0.1) is 5.92 Å². The van der Waals surface area contributed by atoms with E-state index in [1.165, 1.54) is 7.11 Å². The van der Waals surface area contributed by atoms with Crippen LogP contribution in [0.15, 0.2) is 18.2 Å². The Labute approximate surface area is 128 Å². The summed E-state index contributed by atoms with van der Waals surface area (Å²) in [7, 11) is 1.51. The molecule has 7 heteroatoms. The van der Waals surface area contributed by atoms with Gasteiger partial charge in [-0.3, -0.25) is 0 Å². The standard InChI is InChI=1S/C14H19ClN2O4/c1-8(2)12(13(18)19)17-14(20)16-7-9-10(15)5-4-6-11(9)21-3/h4-6,8,12H,7H2,1-3H3,(H,18,19)(H2,16,17,20)/t12-/m0/s1. The van der Waals surface area contributed by atoms with Crippen molar-refractivity contribution in [3.63, 3.8) is 0 Å². The van der Waals surface area contributed by atoms with Crippen molar-refractivity contribution in [3.05, 3.63) is 28.8 Å². The summed E-state index contributed by atoms with van der Waals surface area (Å²) in [6, 6.07) is 3.64. The van der Waals surface area contributed by atoms with Crippen LogP contribution in [0.25, 0.3) is 0 Å². The molecule has 1 aromatic rings. The number of aliphatic carboxylic acids is 1. The van der Waals surface area contributed by atoms with Crippen molar-refractivity contribution < 1.29 is 19.4 Å². The van der Waals surface area contributed by atoms with Gasteiger partial charge in [0.2, 0.25) is 0 Å². The predicted octanol–water partition coefficient (Wildman–Crippen LogP) is 2.26. The Bertz CT molecular complexity index is 520. The molecule has 0 aliphatic rings. The number of carbonyl (C=O) groups excluding carboxylic acids is 1. The van der Waals surface area contributed by atoms with Gasteiger partial charge in [0.25, 0.3) is 0 Å². The van der Waals surface area contributed by atoms with Crippen LogP contribution < -0.4 is 15.4 Å². The predicted molar refractivity (Wildman–Crippen MR) is 79.6 cm³/mol. The maximum absolute atomic E-state index is 11.8. The molecule has 0 saturated heterocycles. The summed E-state index contributed by atoms with van der Waals surface area (Å²) in [5.74, 6) is -0.736. The monoisotopic (exact) mass is 314 g/mol. The van der Waals surface area contributed by atoms with Crippen LogP contribution in [-0.4, -0.2) is 30.3 Å². The van der Waals surface area contributed by atoms with E-state index >= 15 is 0 Å². The number of hydrogen-bond acceptors (Lipinski definition) is 3. The van der Waals surface area contributed by atoms with E-state index in [0.29, 0.717) is 16.3 Å². The SMILES string of the molecule is COc1cccc(Cl)c1CNC(=O)N[C@H](C(=O)O)C(C)C. The third-order valence-electron chi connectivity index (χ3n) is 2.94. The second-order valence-electron chi connectivity index (χ2n) is 4.81. The Morgan fingerprint density at radius 1 is 1.38 bits per heavy atom.